The highest BCUT2D eigenvalue weighted by atomic mass is 16.6. The van der Waals surface area contributed by atoms with Crippen LogP contribution in [0, 0.1) is 0 Å². The number of carbonyl (C=O) groups excluding carboxylic acids is 2. The van der Waals surface area contributed by atoms with E-state index >= 15 is 0 Å². The Hall–Kier alpha value is -2.08. The maximum Gasteiger partial charge on any atom is 0.410 e. The van der Waals surface area contributed by atoms with Crippen LogP contribution >= 0.6 is 0 Å². The summed E-state index contributed by atoms with van der Waals surface area (Å²) in [4.78, 5) is 28.3. The first-order valence-electron chi connectivity index (χ1n) is 8.93. The molecule has 6 heteroatoms. The number of benzene rings is 1. The van der Waals surface area contributed by atoms with Crippen molar-refractivity contribution in [1.29, 1.82) is 0 Å². The average molecular weight is 347 g/mol. The van der Waals surface area contributed by atoms with Gasteiger partial charge in [-0.3, -0.25) is 4.79 Å². The van der Waals surface area contributed by atoms with E-state index in [1.165, 1.54) is 0 Å². The molecule has 1 aromatic carbocycles. The summed E-state index contributed by atoms with van der Waals surface area (Å²) in [5, 5.41) is 0. The molecule has 1 aliphatic rings. The molecule has 2 rings (SSSR count). The molecule has 25 heavy (non-hydrogen) atoms. The van der Waals surface area contributed by atoms with Gasteiger partial charge in [-0.15, -0.1) is 0 Å². The number of nitrogens with zero attached hydrogens (tertiary/aromatic N) is 2. The number of hydrogen-bond acceptors (Lipinski definition) is 4. The molecule has 0 radical (unpaired) electrons. The van der Waals surface area contributed by atoms with Gasteiger partial charge in [-0.05, 0) is 39.2 Å². The molecule has 1 saturated heterocycles. The van der Waals surface area contributed by atoms with Gasteiger partial charge in [-0.2, -0.15) is 0 Å². The normalized spacial score (nSPS) is 18.3. The van der Waals surface area contributed by atoms with Gasteiger partial charge in [0, 0.05) is 19.1 Å². The fourth-order valence-corrected chi connectivity index (χ4v) is 3.11. The van der Waals surface area contributed by atoms with Gasteiger partial charge in [-0.1, -0.05) is 30.3 Å². The molecule has 0 aromatic heterocycles. The number of amides is 2. The topological polar surface area (TPSA) is 75.9 Å². The van der Waals surface area contributed by atoms with E-state index in [1.807, 2.05) is 44.2 Å². The zero-order chi connectivity index (χ0) is 18.4. The largest absolute Gasteiger partial charge is 0.445 e. The number of hydrogen-bond donors (Lipinski definition) is 1. The van der Waals surface area contributed by atoms with Gasteiger partial charge in [0.2, 0.25) is 5.91 Å². The van der Waals surface area contributed by atoms with Crippen molar-refractivity contribution in [2.24, 2.45) is 5.73 Å². The highest BCUT2D eigenvalue weighted by Crippen LogP contribution is 2.21. The van der Waals surface area contributed by atoms with E-state index in [-0.39, 0.29) is 30.7 Å². The molecule has 0 aliphatic carbocycles. The van der Waals surface area contributed by atoms with Crippen LogP contribution in [0.15, 0.2) is 30.3 Å². The average Bonchev–Trinajstić information content (AvgIpc) is 3.06. The highest BCUT2D eigenvalue weighted by molar-refractivity contribution is 5.81. The maximum absolute atomic E-state index is 12.5. The van der Waals surface area contributed by atoms with E-state index in [2.05, 4.69) is 0 Å². The Morgan fingerprint density at radius 3 is 2.56 bits per heavy atom. The first-order chi connectivity index (χ1) is 11.9. The third kappa shape index (κ3) is 5.19. The SMILES string of the molecule is CC(C)N(CC1CCCN1C(=O)OCc1ccccc1)C(=O)[C@H](C)N. The quantitative estimate of drug-likeness (QED) is 0.857. The van der Waals surface area contributed by atoms with Crippen molar-refractivity contribution < 1.29 is 14.3 Å². The van der Waals surface area contributed by atoms with Crippen LogP contribution in [0.2, 0.25) is 0 Å². The minimum atomic E-state index is -0.540. The van der Waals surface area contributed by atoms with Gasteiger partial charge in [-0.25, -0.2) is 4.79 Å². The molecule has 2 amide bonds. The van der Waals surface area contributed by atoms with Crippen LogP contribution in [0.4, 0.5) is 4.79 Å². The molecule has 6 nitrogen and oxygen atoms in total. The monoisotopic (exact) mass is 347 g/mol. The van der Waals surface area contributed by atoms with Crippen molar-refractivity contribution in [2.75, 3.05) is 13.1 Å². The third-order valence-corrected chi connectivity index (χ3v) is 4.52. The third-order valence-electron chi connectivity index (χ3n) is 4.52. The molecule has 2 N–H and O–H groups in total. The molecule has 0 saturated carbocycles. The summed E-state index contributed by atoms with van der Waals surface area (Å²) in [5.74, 6) is -0.0838. The van der Waals surface area contributed by atoms with E-state index < -0.39 is 6.04 Å². The van der Waals surface area contributed by atoms with Crippen LogP contribution in [0.3, 0.4) is 0 Å². The van der Waals surface area contributed by atoms with Gasteiger partial charge in [0.25, 0.3) is 0 Å². The van der Waals surface area contributed by atoms with Crippen molar-refractivity contribution in [3.8, 4) is 0 Å². The van der Waals surface area contributed by atoms with Crippen molar-refractivity contribution in [2.45, 2.75) is 58.3 Å². The Morgan fingerprint density at radius 1 is 1.28 bits per heavy atom. The van der Waals surface area contributed by atoms with Gasteiger partial charge in [0.05, 0.1) is 12.1 Å². The van der Waals surface area contributed by atoms with Crippen molar-refractivity contribution in [1.82, 2.24) is 9.80 Å². The van der Waals surface area contributed by atoms with Gasteiger partial charge in [0.15, 0.2) is 0 Å². The Kier molecular flexibility index (Phi) is 6.82. The summed E-state index contributed by atoms with van der Waals surface area (Å²) in [6.07, 6.45) is 1.47. The minimum Gasteiger partial charge on any atom is -0.445 e. The Balaban J connectivity index is 1.96. The number of rotatable bonds is 6. The molecule has 138 valence electrons. The predicted molar refractivity (Wildman–Crippen MR) is 96.9 cm³/mol. The molecule has 1 aromatic rings. The summed E-state index contributed by atoms with van der Waals surface area (Å²) >= 11 is 0. The molecular formula is C19H29N3O3. The number of likely N-dealkylation sites (tertiary alicyclic amines) is 1. The summed E-state index contributed by atoms with van der Waals surface area (Å²) in [7, 11) is 0. The first kappa shape index (κ1) is 19.2. The molecule has 1 heterocycles. The van der Waals surface area contributed by atoms with Crippen LogP contribution in [0.25, 0.3) is 0 Å². The lowest BCUT2D eigenvalue weighted by molar-refractivity contribution is -0.134. The van der Waals surface area contributed by atoms with Crippen molar-refractivity contribution in [3.05, 3.63) is 35.9 Å². The van der Waals surface area contributed by atoms with Crippen LogP contribution in [0.5, 0.6) is 0 Å². The van der Waals surface area contributed by atoms with E-state index in [0.29, 0.717) is 13.1 Å². The van der Waals surface area contributed by atoms with Crippen LogP contribution in [0.1, 0.15) is 39.2 Å². The van der Waals surface area contributed by atoms with E-state index in [9.17, 15) is 9.59 Å². The predicted octanol–water partition coefficient (Wildman–Crippen LogP) is 2.37. The Labute approximate surface area is 149 Å². The van der Waals surface area contributed by atoms with Crippen LogP contribution in [-0.2, 0) is 16.1 Å². The van der Waals surface area contributed by atoms with Gasteiger partial charge in [0.1, 0.15) is 6.61 Å². The number of nitrogens with two attached hydrogens (primary N) is 1. The molecule has 0 spiro atoms. The molecule has 2 atom stereocenters. The first-order valence-corrected chi connectivity index (χ1v) is 8.93. The zero-order valence-corrected chi connectivity index (χ0v) is 15.4. The van der Waals surface area contributed by atoms with Crippen LogP contribution < -0.4 is 5.73 Å². The second-order valence-electron chi connectivity index (χ2n) is 6.90. The number of ether oxygens (including phenoxy) is 1. The van der Waals surface area contributed by atoms with Gasteiger partial charge < -0.3 is 20.3 Å². The summed E-state index contributed by atoms with van der Waals surface area (Å²) in [6.45, 7) is 7.05. The summed E-state index contributed by atoms with van der Waals surface area (Å²) in [6, 6.07) is 9.10. The lowest BCUT2D eigenvalue weighted by atomic mass is 10.1. The molecule has 1 aliphatic heterocycles. The smallest absolute Gasteiger partial charge is 0.410 e. The summed E-state index contributed by atoms with van der Waals surface area (Å²) < 4.78 is 5.45. The Morgan fingerprint density at radius 2 is 1.96 bits per heavy atom. The van der Waals surface area contributed by atoms with Crippen molar-refractivity contribution in [3.63, 3.8) is 0 Å². The molecular weight excluding hydrogens is 318 g/mol. The fraction of sp³-hybridized carbons (Fsp3) is 0.579. The second-order valence-corrected chi connectivity index (χ2v) is 6.90. The maximum atomic E-state index is 12.5. The van der Waals surface area contributed by atoms with Gasteiger partial charge >= 0.3 is 6.09 Å². The number of carbonyl (C=O) groups is 2. The molecule has 1 fully saturated rings. The second kappa shape index (κ2) is 8.85. The zero-order valence-electron chi connectivity index (χ0n) is 15.4. The minimum absolute atomic E-state index is 0.0200. The standard InChI is InChI=1S/C19H29N3O3/c1-14(2)22(18(23)15(3)20)12-17-10-7-11-21(17)19(24)25-13-16-8-5-4-6-9-16/h4-6,8-9,14-15,17H,7,10-13,20H2,1-3H3/t15-,17?/m0/s1. The lowest BCUT2D eigenvalue weighted by Crippen LogP contribution is -2.51. The van der Waals surface area contributed by atoms with E-state index in [0.717, 1.165) is 18.4 Å². The molecule has 0 bridgehead atoms. The fourth-order valence-electron chi connectivity index (χ4n) is 3.11. The van der Waals surface area contributed by atoms with E-state index in [1.54, 1.807) is 16.7 Å². The molecule has 1 unspecified atom stereocenters. The summed E-state index contributed by atoms with van der Waals surface area (Å²) in [5.41, 5.74) is 6.72. The van der Waals surface area contributed by atoms with Crippen LogP contribution in [-0.4, -0.2) is 53.0 Å². The lowest BCUT2D eigenvalue weighted by Gasteiger charge is -2.34. The Bertz CT molecular complexity index is 575. The highest BCUT2D eigenvalue weighted by Gasteiger charge is 2.33. The van der Waals surface area contributed by atoms with Crippen molar-refractivity contribution >= 4 is 12.0 Å². The van der Waals surface area contributed by atoms with E-state index in [4.69, 9.17) is 10.5 Å².